The van der Waals surface area contributed by atoms with Crippen molar-refractivity contribution in [3.8, 4) is 0 Å². The van der Waals surface area contributed by atoms with Gasteiger partial charge in [0.1, 0.15) is 17.8 Å². The first kappa shape index (κ1) is 21.6. The summed E-state index contributed by atoms with van der Waals surface area (Å²) in [6.45, 7) is 5.26. The smallest absolute Gasteiger partial charge is 0.269 e. The number of nitrogens with zero attached hydrogens (tertiary/aromatic N) is 5. The molecule has 1 saturated heterocycles. The fraction of sp³-hybridized carbons (Fsp3) is 0.450. The van der Waals surface area contributed by atoms with Crippen molar-refractivity contribution in [1.82, 2.24) is 25.2 Å². The van der Waals surface area contributed by atoms with Crippen LogP contribution in [0.1, 0.15) is 35.9 Å². The number of rotatable bonds is 7. The Kier molecular flexibility index (Phi) is 7.23. The number of hydrogen-bond acceptors (Lipinski definition) is 7. The van der Waals surface area contributed by atoms with Gasteiger partial charge < -0.3 is 15.5 Å². The predicted molar refractivity (Wildman–Crippen MR) is 111 cm³/mol. The van der Waals surface area contributed by atoms with Crippen molar-refractivity contribution in [2.75, 3.05) is 43.4 Å². The average Bonchev–Trinajstić information content (AvgIpc) is 2.74. The molecule has 0 bridgehead atoms. The van der Waals surface area contributed by atoms with Crippen LogP contribution in [0.3, 0.4) is 0 Å². The van der Waals surface area contributed by atoms with E-state index in [1.807, 2.05) is 11.8 Å². The summed E-state index contributed by atoms with van der Waals surface area (Å²) in [5, 5.41) is 5.21. The molecule has 0 unspecified atom stereocenters. The zero-order valence-electron chi connectivity index (χ0n) is 17.2. The quantitative estimate of drug-likeness (QED) is 0.660. The molecule has 30 heavy (non-hydrogen) atoms. The molecule has 3 rings (SSSR count). The van der Waals surface area contributed by atoms with Crippen molar-refractivity contribution in [3.63, 3.8) is 0 Å². The summed E-state index contributed by atoms with van der Waals surface area (Å²) in [7, 11) is 1.48. The van der Waals surface area contributed by atoms with Gasteiger partial charge >= 0.3 is 0 Å². The number of carbonyl (C=O) groups is 2. The molecule has 160 valence electrons. The van der Waals surface area contributed by atoms with E-state index in [1.54, 1.807) is 12.1 Å². The van der Waals surface area contributed by atoms with Crippen molar-refractivity contribution < 1.29 is 14.0 Å². The number of piperazine rings is 1. The SMILES string of the molecule is CCCC(=O)Nc1cc(CN2CCN(c3ccc(C(=O)NC)nc3F)CC2)ncn1. The number of halogens is 1. The van der Waals surface area contributed by atoms with E-state index >= 15 is 0 Å². The third kappa shape index (κ3) is 5.47. The molecule has 0 atom stereocenters. The highest BCUT2D eigenvalue weighted by Gasteiger charge is 2.21. The van der Waals surface area contributed by atoms with E-state index in [4.69, 9.17) is 0 Å². The molecule has 0 aromatic carbocycles. The van der Waals surface area contributed by atoms with Gasteiger partial charge in [0, 0.05) is 52.3 Å². The summed E-state index contributed by atoms with van der Waals surface area (Å²) in [5.74, 6) is -0.622. The number of carbonyl (C=O) groups excluding carboxylic acids is 2. The molecular formula is C20H26FN7O2. The van der Waals surface area contributed by atoms with Gasteiger partial charge in [0.2, 0.25) is 11.9 Å². The Hall–Kier alpha value is -3.14. The van der Waals surface area contributed by atoms with Crippen LogP contribution in [0.15, 0.2) is 24.5 Å². The number of amides is 2. The van der Waals surface area contributed by atoms with Crippen molar-refractivity contribution >= 4 is 23.3 Å². The molecule has 2 N–H and O–H groups in total. The van der Waals surface area contributed by atoms with Gasteiger partial charge in [-0.25, -0.2) is 15.0 Å². The van der Waals surface area contributed by atoms with Crippen molar-refractivity contribution in [1.29, 1.82) is 0 Å². The molecule has 1 aliphatic heterocycles. The molecule has 10 heteroatoms. The molecule has 0 aliphatic carbocycles. The number of nitrogens with one attached hydrogen (secondary N) is 2. The fourth-order valence-corrected chi connectivity index (χ4v) is 3.28. The maximum Gasteiger partial charge on any atom is 0.269 e. The Balaban J connectivity index is 1.56. The molecule has 0 saturated carbocycles. The predicted octanol–water partition coefficient (Wildman–Crippen LogP) is 1.43. The van der Waals surface area contributed by atoms with Gasteiger partial charge in [0.25, 0.3) is 5.91 Å². The molecule has 3 heterocycles. The Morgan fingerprint density at radius 2 is 1.93 bits per heavy atom. The van der Waals surface area contributed by atoms with Gasteiger partial charge in [-0.05, 0) is 18.6 Å². The van der Waals surface area contributed by atoms with E-state index in [2.05, 4.69) is 30.5 Å². The lowest BCUT2D eigenvalue weighted by Crippen LogP contribution is -2.46. The highest BCUT2D eigenvalue weighted by molar-refractivity contribution is 5.92. The van der Waals surface area contributed by atoms with Crippen LogP contribution in [0.25, 0.3) is 0 Å². The minimum Gasteiger partial charge on any atom is -0.365 e. The number of pyridine rings is 1. The van der Waals surface area contributed by atoms with E-state index in [0.717, 1.165) is 25.2 Å². The minimum absolute atomic E-state index is 0.0583. The molecule has 2 aromatic rings. The van der Waals surface area contributed by atoms with Crippen LogP contribution in [-0.4, -0.2) is 64.9 Å². The molecule has 1 aliphatic rings. The Morgan fingerprint density at radius 3 is 2.60 bits per heavy atom. The lowest BCUT2D eigenvalue weighted by Gasteiger charge is -2.35. The molecule has 0 spiro atoms. The Bertz CT molecular complexity index is 900. The van der Waals surface area contributed by atoms with Crippen LogP contribution >= 0.6 is 0 Å². The highest BCUT2D eigenvalue weighted by atomic mass is 19.1. The second-order valence-corrected chi connectivity index (χ2v) is 7.04. The largest absolute Gasteiger partial charge is 0.365 e. The van der Waals surface area contributed by atoms with Crippen LogP contribution in [0, 0.1) is 5.95 Å². The van der Waals surface area contributed by atoms with Crippen molar-refractivity contribution in [3.05, 3.63) is 41.9 Å². The fourth-order valence-electron chi connectivity index (χ4n) is 3.28. The third-order valence-electron chi connectivity index (χ3n) is 4.86. The normalized spacial score (nSPS) is 14.4. The second kappa shape index (κ2) is 10.1. The lowest BCUT2D eigenvalue weighted by molar-refractivity contribution is -0.116. The molecule has 0 radical (unpaired) electrons. The average molecular weight is 415 g/mol. The molecule has 2 amide bonds. The second-order valence-electron chi connectivity index (χ2n) is 7.04. The summed E-state index contributed by atoms with van der Waals surface area (Å²) < 4.78 is 14.4. The van der Waals surface area contributed by atoms with E-state index in [1.165, 1.54) is 19.4 Å². The van der Waals surface area contributed by atoms with Gasteiger partial charge in [-0.1, -0.05) is 6.92 Å². The van der Waals surface area contributed by atoms with Crippen LogP contribution < -0.4 is 15.5 Å². The van der Waals surface area contributed by atoms with E-state index in [0.29, 0.717) is 37.6 Å². The minimum atomic E-state index is -0.646. The first-order chi connectivity index (χ1) is 14.5. The van der Waals surface area contributed by atoms with Gasteiger partial charge in [-0.3, -0.25) is 14.5 Å². The first-order valence-electron chi connectivity index (χ1n) is 9.97. The molecular weight excluding hydrogens is 389 g/mol. The summed E-state index contributed by atoms with van der Waals surface area (Å²) >= 11 is 0. The summed E-state index contributed by atoms with van der Waals surface area (Å²) in [4.78, 5) is 39.6. The van der Waals surface area contributed by atoms with Crippen LogP contribution in [-0.2, 0) is 11.3 Å². The number of hydrogen-bond donors (Lipinski definition) is 2. The van der Waals surface area contributed by atoms with Gasteiger partial charge in [-0.15, -0.1) is 0 Å². The van der Waals surface area contributed by atoms with Gasteiger partial charge in [0.05, 0.1) is 11.4 Å². The van der Waals surface area contributed by atoms with E-state index in [9.17, 15) is 14.0 Å². The van der Waals surface area contributed by atoms with E-state index < -0.39 is 11.9 Å². The topological polar surface area (TPSA) is 103 Å². The van der Waals surface area contributed by atoms with Crippen LogP contribution in [0.2, 0.25) is 0 Å². The van der Waals surface area contributed by atoms with Gasteiger partial charge in [0.15, 0.2) is 0 Å². The van der Waals surface area contributed by atoms with E-state index in [-0.39, 0.29) is 11.6 Å². The molecule has 9 nitrogen and oxygen atoms in total. The summed E-state index contributed by atoms with van der Waals surface area (Å²) in [6.07, 6.45) is 2.68. The molecule has 1 fully saturated rings. The first-order valence-corrected chi connectivity index (χ1v) is 9.97. The Labute approximate surface area is 174 Å². The van der Waals surface area contributed by atoms with Crippen LogP contribution in [0.5, 0.6) is 0 Å². The third-order valence-corrected chi connectivity index (χ3v) is 4.86. The zero-order chi connectivity index (χ0) is 21.5. The number of anilines is 2. The maximum absolute atomic E-state index is 14.4. The monoisotopic (exact) mass is 415 g/mol. The van der Waals surface area contributed by atoms with Crippen LogP contribution in [0.4, 0.5) is 15.9 Å². The van der Waals surface area contributed by atoms with Crippen molar-refractivity contribution in [2.45, 2.75) is 26.3 Å². The standard InChI is InChI=1S/C20H26FN7O2/c1-3-4-18(29)26-17-11-14(23-13-24-17)12-27-7-9-28(10-8-27)16-6-5-15(20(30)22-2)25-19(16)21/h5-6,11,13H,3-4,7-10,12H2,1-2H3,(H,22,30)(H,23,24,26,29). The Morgan fingerprint density at radius 1 is 1.17 bits per heavy atom. The summed E-state index contributed by atoms with van der Waals surface area (Å²) in [5.41, 5.74) is 1.27. The zero-order valence-corrected chi connectivity index (χ0v) is 17.2. The van der Waals surface area contributed by atoms with Crippen molar-refractivity contribution in [2.24, 2.45) is 0 Å². The molecule has 2 aromatic heterocycles. The summed E-state index contributed by atoms with van der Waals surface area (Å²) in [6, 6.07) is 4.90. The maximum atomic E-state index is 14.4. The highest BCUT2D eigenvalue weighted by Crippen LogP contribution is 2.20. The van der Waals surface area contributed by atoms with Gasteiger partial charge in [-0.2, -0.15) is 4.39 Å². The lowest BCUT2D eigenvalue weighted by atomic mass is 10.2. The number of aromatic nitrogens is 3.